The fraction of sp³-hybridized carbons (Fsp3) is 0. The highest BCUT2D eigenvalue weighted by Crippen LogP contribution is 2.42. The molecule has 7 aromatic carbocycles. The molecule has 0 aliphatic rings. The van der Waals surface area contributed by atoms with Crippen molar-refractivity contribution in [1.29, 1.82) is 0 Å². The third kappa shape index (κ3) is 5.04. The molecule has 0 aliphatic heterocycles. The summed E-state index contributed by atoms with van der Waals surface area (Å²) in [5.41, 5.74) is 8.65. The minimum atomic E-state index is 0.596. The molecular formula is C46H26N4OS2. The van der Waals surface area contributed by atoms with Gasteiger partial charge in [-0.1, -0.05) is 109 Å². The molecule has 0 aliphatic carbocycles. The van der Waals surface area contributed by atoms with Crippen LogP contribution >= 0.6 is 22.7 Å². The molecule has 7 heteroatoms. The van der Waals surface area contributed by atoms with E-state index in [4.69, 9.17) is 24.4 Å². The van der Waals surface area contributed by atoms with Crippen molar-refractivity contribution in [2.24, 2.45) is 0 Å². The number of nitrogens with zero attached hydrogens (tertiary/aromatic N) is 4. The van der Waals surface area contributed by atoms with E-state index >= 15 is 0 Å². The topological polar surface area (TPSA) is 64.7 Å². The number of para-hydroxylation sites is 1. The van der Waals surface area contributed by atoms with E-state index in [1.54, 1.807) is 22.7 Å². The van der Waals surface area contributed by atoms with Crippen molar-refractivity contribution < 1.29 is 4.42 Å². The molecule has 11 aromatic rings. The molecule has 0 spiro atoms. The van der Waals surface area contributed by atoms with Crippen LogP contribution in [0.25, 0.3) is 108 Å². The number of hydrogen-bond donors (Lipinski definition) is 0. The average Bonchev–Trinajstić information content (AvgIpc) is 3.94. The molecule has 0 atom stereocenters. The lowest BCUT2D eigenvalue weighted by Crippen LogP contribution is -2.00. The van der Waals surface area contributed by atoms with E-state index in [0.29, 0.717) is 17.5 Å². The zero-order valence-electron chi connectivity index (χ0n) is 28.0. The van der Waals surface area contributed by atoms with E-state index in [1.165, 1.54) is 24.9 Å². The van der Waals surface area contributed by atoms with Crippen LogP contribution in [0.2, 0.25) is 0 Å². The van der Waals surface area contributed by atoms with Gasteiger partial charge in [-0.15, -0.1) is 22.7 Å². The Morgan fingerprint density at radius 2 is 1.00 bits per heavy atom. The van der Waals surface area contributed by atoms with Gasteiger partial charge in [-0.05, 0) is 59.7 Å². The first kappa shape index (κ1) is 30.1. The number of rotatable bonds is 5. The third-order valence-electron chi connectivity index (χ3n) is 9.80. The Balaban J connectivity index is 1.09. The van der Waals surface area contributed by atoms with Crippen molar-refractivity contribution in [2.75, 3.05) is 0 Å². The molecule has 0 saturated heterocycles. The highest BCUT2D eigenvalue weighted by molar-refractivity contribution is 7.25. The van der Waals surface area contributed by atoms with Crippen LogP contribution in [-0.2, 0) is 0 Å². The van der Waals surface area contributed by atoms with Crippen molar-refractivity contribution in [2.45, 2.75) is 0 Å². The van der Waals surface area contributed by atoms with Gasteiger partial charge in [0.25, 0.3) is 0 Å². The summed E-state index contributed by atoms with van der Waals surface area (Å²) in [5, 5.41) is 5.46. The van der Waals surface area contributed by atoms with Crippen LogP contribution in [0.5, 0.6) is 0 Å². The summed E-state index contributed by atoms with van der Waals surface area (Å²) in [5.74, 6) is 1.84. The highest BCUT2D eigenvalue weighted by atomic mass is 32.1. The quantitative estimate of drug-likeness (QED) is 0.178. The highest BCUT2D eigenvalue weighted by Gasteiger charge is 2.20. The number of fused-ring (bicyclic) bond motifs is 7. The summed E-state index contributed by atoms with van der Waals surface area (Å²) >= 11 is 3.52. The minimum Gasteiger partial charge on any atom is -0.456 e. The monoisotopic (exact) mass is 714 g/mol. The van der Waals surface area contributed by atoms with E-state index in [1.807, 2.05) is 54.6 Å². The Bertz CT molecular complexity index is 3150. The molecule has 0 N–H and O–H groups in total. The summed E-state index contributed by atoms with van der Waals surface area (Å²) in [7, 11) is 0. The molecule has 0 fully saturated rings. The lowest BCUT2D eigenvalue weighted by atomic mass is 9.96. The molecule has 4 aromatic heterocycles. The fourth-order valence-corrected chi connectivity index (χ4v) is 9.35. The second-order valence-electron chi connectivity index (χ2n) is 13.0. The molecule has 53 heavy (non-hydrogen) atoms. The SMILES string of the molecule is c1ccc(-c2nc(-c3ccc4sc5ccccc5c4c3)nc(-c3cccc4oc5cccc(-c6ccc(-c7nc8ccccc8s7)cc6)c5c34)n2)cc1. The third-order valence-corrected chi connectivity index (χ3v) is 12.0. The van der Waals surface area contributed by atoms with Gasteiger partial charge < -0.3 is 4.42 Å². The van der Waals surface area contributed by atoms with Crippen molar-refractivity contribution in [3.63, 3.8) is 0 Å². The van der Waals surface area contributed by atoms with Gasteiger partial charge in [0.1, 0.15) is 16.2 Å². The van der Waals surface area contributed by atoms with E-state index in [-0.39, 0.29) is 0 Å². The standard InChI is InChI=1S/C46H26N4OS2/c1-2-10-28(11-3-1)43-48-44(30-24-25-39-34(26-30)32-12-4-6-18-38(32)52-39)50-45(49-43)33-14-9-17-37-42(33)41-31(13-8-16-36(41)51-37)27-20-22-29(23-21-27)46-47-35-15-5-7-19-40(35)53-46/h1-26H. The maximum absolute atomic E-state index is 6.54. The fourth-order valence-electron chi connectivity index (χ4n) is 7.29. The second kappa shape index (κ2) is 12.0. The molecule has 4 heterocycles. The summed E-state index contributed by atoms with van der Waals surface area (Å²) in [4.78, 5) is 20.3. The normalized spacial score (nSPS) is 11.8. The Kier molecular flexibility index (Phi) is 6.83. The van der Waals surface area contributed by atoms with Crippen LogP contribution < -0.4 is 0 Å². The first-order valence-corrected chi connectivity index (χ1v) is 19.0. The van der Waals surface area contributed by atoms with Gasteiger partial charge in [0.15, 0.2) is 17.5 Å². The average molecular weight is 715 g/mol. The smallest absolute Gasteiger partial charge is 0.164 e. The van der Waals surface area contributed by atoms with Crippen LogP contribution in [0, 0.1) is 0 Å². The lowest BCUT2D eigenvalue weighted by molar-refractivity contribution is 0.669. The predicted octanol–water partition coefficient (Wildman–Crippen LogP) is 13.1. The second-order valence-corrected chi connectivity index (χ2v) is 15.1. The number of hydrogen-bond acceptors (Lipinski definition) is 7. The zero-order chi connectivity index (χ0) is 34.9. The maximum atomic E-state index is 6.54. The Morgan fingerprint density at radius 3 is 1.81 bits per heavy atom. The number of thiazole rings is 1. The molecule has 248 valence electrons. The Labute approximate surface area is 311 Å². The maximum Gasteiger partial charge on any atom is 0.164 e. The van der Waals surface area contributed by atoms with E-state index < -0.39 is 0 Å². The van der Waals surface area contributed by atoms with Crippen LogP contribution in [0.4, 0.5) is 0 Å². The van der Waals surface area contributed by atoms with Crippen LogP contribution in [0.15, 0.2) is 162 Å². The largest absolute Gasteiger partial charge is 0.456 e. The van der Waals surface area contributed by atoms with Crippen LogP contribution in [0.1, 0.15) is 0 Å². The number of benzene rings is 7. The van der Waals surface area contributed by atoms with Crippen molar-refractivity contribution in [1.82, 2.24) is 19.9 Å². The van der Waals surface area contributed by atoms with Gasteiger partial charge in [0.2, 0.25) is 0 Å². The number of aromatic nitrogens is 4. The van der Waals surface area contributed by atoms with Crippen molar-refractivity contribution in [3.8, 4) is 55.9 Å². The van der Waals surface area contributed by atoms with Gasteiger partial charge in [-0.25, -0.2) is 19.9 Å². The van der Waals surface area contributed by atoms with Crippen LogP contribution in [-0.4, -0.2) is 19.9 Å². The zero-order valence-corrected chi connectivity index (χ0v) is 29.7. The lowest BCUT2D eigenvalue weighted by Gasteiger charge is -2.10. The molecule has 0 amide bonds. The van der Waals surface area contributed by atoms with E-state index in [0.717, 1.165) is 65.8 Å². The van der Waals surface area contributed by atoms with E-state index in [2.05, 4.69) is 103 Å². The van der Waals surface area contributed by atoms with Crippen molar-refractivity contribution >= 4 is 75.0 Å². The minimum absolute atomic E-state index is 0.596. The molecular weight excluding hydrogens is 689 g/mol. The first-order chi connectivity index (χ1) is 26.2. The Hall–Kier alpha value is -6.54. The molecule has 0 saturated carbocycles. The number of furan rings is 1. The summed E-state index contributed by atoms with van der Waals surface area (Å²) in [6.07, 6.45) is 0. The predicted molar refractivity (Wildman–Crippen MR) is 220 cm³/mol. The van der Waals surface area contributed by atoms with Crippen LogP contribution in [0.3, 0.4) is 0 Å². The van der Waals surface area contributed by atoms with E-state index in [9.17, 15) is 0 Å². The molecule has 0 bridgehead atoms. The Morgan fingerprint density at radius 1 is 0.377 bits per heavy atom. The molecule has 5 nitrogen and oxygen atoms in total. The van der Waals surface area contributed by atoms with Gasteiger partial charge in [-0.2, -0.15) is 0 Å². The molecule has 0 unspecified atom stereocenters. The molecule has 0 radical (unpaired) electrons. The molecule has 11 rings (SSSR count). The van der Waals surface area contributed by atoms with Gasteiger partial charge in [0.05, 0.1) is 10.2 Å². The summed E-state index contributed by atoms with van der Waals surface area (Å²) < 4.78 is 10.2. The van der Waals surface area contributed by atoms with Crippen molar-refractivity contribution in [3.05, 3.63) is 158 Å². The van der Waals surface area contributed by atoms with Gasteiger partial charge >= 0.3 is 0 Å². The summed E-state index contributed by atoms with van der Waals surface area (Å²) in [6, 6.07) is 54.5. The summed E-state index contributed by atoms with van der Waals surface area (Å²) in [6.45, 7) is 0. The van der Waals surface area contributed by atoms with Gasteiger partial charge in [-0.3, -0.25) is 0 Å². The first-order valence-electron chi connectivity index (χ1n) is 17.4. The number of thiophene rings is 1. The van der Waals surface area contributed by atoms with Gasteiger partial charge in [0, 0.05) is 53.2 Å².